The Bertz CT molecular complexity index is 593. The lowest BCUT2D eigenvalue weighted by Gasteiger charge is -2.27. The third-order valence-corrected chi connectivity index (χ3v) is 3.72. The van der Waals surface area contributed by atoms with Gasteiger partial charge in [-0.05, 0) is 22.0 Å². The summed E-state index contributed by atoms with van der Waals surface area (Å²) in [5.74, 6) is -0.661. The fraction of sp³-hybridized carbons (Fsp3) is 0.250. The average molecular weight is 314 g/mol. The van der Waals surface area contributed by atoms with Crippen molar-refractivity contribution in [2.45, 2.75) is 5.92 Å². The third kappa shape index (κ3) is 1.85. The van der Waals surface area contributed by atoms with Gasteiger partial charge in [-0.3, -0.25) is 4.57 Å². The zero-order valence-corrected chi connectivity index (χ0v) is 10.9. The van der Waals surface area contributed by atoms with E-state index in [1.165, 1.54) is 12.4 Å². The van der Waals surface area contributed by atoms with Crippen molar-refractivity contribution >= 4 is 15.9 Å². The summed E-state index contributed by atoms with van der Waals surface area (Å²) in [6.07, 6.45) is 3.21. The second kappa shape index (κ2) is 4.44. The Morgan fingerprint density at radius 3 is 2.72 bits per heavy atom. The van der Waals surface area contributed by atoms with Gasteiger partial charge < -0.3 is 5.32 Å². The largest absolute Gasteiger partial charge is 0.315 e. The van der Waals surface area contributed by atoms with E-state index >= 15 is 0 Å². The number of hydrogen-bond donors (Lipinski definition) is 1. The maximum Gasteiger partial charge on any atom is 0.148 e. The van der Waals surface area contributed by atoms with Crippen LogP contribution in [0, 0.1) is 11.6 Å². The highest BCUT2D eigenvalue weighted by molar-refractivity contribution is 9.10. The van der Waals surface area contributed by atoms with E-state index in [0.717, 1.165) is 24.8 Å². The molecule has 1 aliphatic rings. The summed E-state index contributed by atoms with van der Waals surface area (Å²) in [5, 5.41) is 3.15. The molecule has 0 amide bonds. The van der Waals surface area contributed by atoms with Gasteiger partial charge in [0.1, 0.15) is 11.6 Å². The minimum Gasteiger partial charge on any atom is -0.315 e. The second-order valence-electron chi connectivity index (χ2n) is 4.26. The normalized spacial score (nSPS) is 15.7. The first kappa shape index (κ1) is 11.8. The molecule has 0 unspecified atom stereocenters. The van der Waals surface area contributed by atoms with Crippen LogP contribution >= 0.6 is 15.9 Å². The predicted molar refractivity (Wildman–Crippen MR) is 66.8 cm³/mol. The summed E-state index contributed by atoms with van der Waals surface area (Å²) >= 11 is 2.97. The van der Waals surface area contributed by atoms with E-state index in [0.29, 0.717) is 5.92 Å². The number of rotatable bonds is 2. The molecule has 0 bridgehead atoms. The zero-order valence-electron chi connectivity index (χ0n) is 9.33. The molecule has 2 heterocycles. The number of imidazole rings is 1. The van der Waals surface area contributed by atoms with Gasteiger partial charge in [0.15, 0.2) is 0 Å². The maximum atomic E-state index is 13.9. The number of aromatic nitrogens is 2. The summed E-state index contributed by atoms with van der Waals surface area (Å²) in [6, 6.07) is 2.31. The van der Waals surface area contributed by atoms with Crippen molar-refractivity contribution < 1.29 is 8.78 Å². The molecule has 6 heteroatoms. The standard InChI is InChI=1S/C12H10BrF2N3/c13-8-1-10(15)11(2-9(8)14)18-6-17-5-12(18)7-3-16-4-7/h1-2,5-7,16H,3-4H2. The minimum absolute atomic E-state index is 0.121. The van der Waals surface area contributed by atoms with Gasteiger partial charge >= 0.3 is 0 Å². The van der Waals surface area contributed by atoms with E-state index < -0.39 is 11.6 Å². The first-order valence-electron chi connectivity index (χ1n) is 5.54. The Balaban J connectivity index is 2.09. The minimum atomic E-state index is -0.488. The molecule has 0 radical (unpaired) electrons. The monoisotopic (exact) mass is 313 g/mol. The van der Waals surface area contributed by atoms with Crippen molar-refractivity contribution in [1.29, 1.82) is 0 Å². The number of nitrogens with zero attached hydrogens (tertiary/aromatic N) is 2. The summed E-state index contributed by atoms with van der Waals surface area (Å²) < 4.78 is 29.1. The Hall–Kier alpha value is -1.27. The Kier molecular flexibility index (Phi) is 2.91. The van der Waals surface area contributed by atoms with Gasteiger partial charge in [0.05, 0.1) is 16.5 Å². The highest BCUT2D eigenvalue weighted by atomic mass is 79.9. The van der Waals surface area contributed by atoms with Crippen LogP contribution in [-0.2, 0) is 0 Å². The van der Waals surface area contributed by atoms with E-state index in [4.69, 9.17) is 0 Å². The first-order chi connectivity index (χ1) is 8.66. The van der Waals surface area contributed by atoms with Crippen molar-refractivity contribution in [1.82, 2.24) is 14.9 Å². The Morgan fingerprint density at radius 2 is 2.06 bits per heavy atom. The van der Waals surface area contributed by atoms with Crippen molar-refractivity contribution in [2.75, 3.05) is 13.1 Å². The summed E-state index contributed by atoms with van der Waals surface area (Å²) in [6.45, 7) is 1.68. The van der Waals surface area contributed by atoms with Gasteiger partial charge in [-0.2, -0.15) is 0 Å². The molecule has 1 N–H and O–H groups in total. The van der Waals surface area contributed by atoms with Crippen molar-refractivity contribution in [3.05, 3.63) is 46.5 Å². The van der Waals surface area contributed by atoms with E-state index in [-0.39, 0.29) is 10.2 Å². The summed E-state index contributed by atoms with van der Waals surface area (Å²) in [5.41, 5.74) is 1.09. The molecule has 94 valence electrons. The highest BCUT2D eigenvalue weighted by Gasteiger charge is 2.24. The van der Waals surface area contributed by atoms with E-state index in [1.807, 2.05) is 0 Å². The lowest BCUT2D eigenvalue weighted by molar-refractivity contribution is 0.434. The summed E-state index contributed by atoms with van der Waals surface area (Å²) in [7, 11) is 0. The average Bonchev–Trinajstić information content (AvgIpc) is 2.70. The molecule has 0 aliphatic carbocycles. The predicted octanol–water partition coefficient (Wildman–Crippen LogP) is 2.60. The van der Waals surface area contributed by atoms with Gasteiger partial charge in [-0.25, -0.2) is 13.8 Å². The molecule has 2 aromatic rings. The van der Waals surface area contributed by atoms with Gasteiger partial charge in [0.2, 0.25) is 0 Å². The van der Waals surface area contributed by atoms with Crippen molar-refractivity contribution in [3.63, 3.8) is 0 Å². The molecule has 18 heavy (non-hydrogen) atoms. The number of benzene rings is 1. The molecule has 1 aliphatic heterocycles. The Labute approximate surface area is 111 Å². The highest BCUT2D eigenvalue weighted by Crippen LogP contribution is 2.27. The topological polar surface area (TPSA) is 29.9 Å². The first-order valence-corrected chi connectivity index (χ1v) is 6.34. The quantitative estimate of drug-likeness (QED) is 0.864. The molecule has 0 spiro atoms. The SMILES string of the molecule is Fc1cc(-n2cncc2C2CNC2)c(F)cc1Br. The number of halogens is 3. The van der Waals surface area contributed by atoms with Gasteiger partial charge in [-0.1, -0.05) is 0 Å². The molecule has 0 atom stereocenters. The second-order valence-corrected chi connectivity index (χ2v) is 5.12. The van der Waals surface area contributed by atoms with Crippen LogP contribution in [-0.4, -0.2) is 22.6 Å². The molecule has 3 nitrogen and oxygen atoms in total. The van der Waals surface area contributed by atoms with Crippen molar-refractivity contribution in [2.24, 2.45) is 0 Å². The molecule has 1 saturated heterocycles. The lowest BCUT2D eigenvalue weighted by Crippen LogP contribution is -2.40. The van der Waals surface area contributed by atoms with Crippen LogP contribution in [0.5, 0.6) is 0 Å². The molecule has 3 rings (SSSR count). The van der Waals surface area contributed by atoms with E-state index in [2.05, 4.69) is 26.2 Å². The van der Waals surface area contributed by atoms with Crippen LogP contribution in [0.15, 0.2) is 29.1 Å². The van der Waals surface area contributed by atoms with Crippen LogP contribution in [0.1, 0.15) is 11.6 Å². The van der Waals surface area contributed by atoms with Crippen LogP contribution < -0.4 is 5.32 Å². The maximum absolute atomic E-state index is 13.9. The van der Waals surface area contributed by atoms with E-state index in [9.17, 15) is 8.78 Å². The van der Waals surface area contributed by atoms with Crippen LogP contribution in [0.3, 0.4) is 0 Å². The zero-order chi connectivity index (χ0) is 12.7. The summed E-state index contributed by atoms with van der Waals surface area (Å²) in [4.78, 5) is 4.03. The van der Waals surface area contributed by atoms with Gasteiger partial charge in [0, 0.05) is 37.0 Å². The van der Waals surface area contributed by atoms with Crippen molar-refractivity contribution in [3.8, 4) is 5.69 Å². The van der Waals surface area contributed by atoms with E-state index in [1.54, 1.807) is 10.8 Å². The van der Waals surface area contributed by atoms with Crippen LogP contribution in [0.2, 0.25) is 0 Å². The van der Waals surface area contributed by atoms with Gasteiger partial charge in [0.25, 0.3) is 0 Å². The molecule has 1 aromatic heterocycles. The lowest BCUT2D eigenvalue weighted by atomic mass is 10.00. The number of nitrogens with one attached hydrogen (secondary N) is 1. The molecular formula is C12H10BrF2N3. The molecule has 1 fully saturated rings. The fourth-order valence-corrected chi connectivity index (χ4v) is 2.32. The van der Waals surface area contributed by atoms with Gasteiger partial charge in [-0.15, -0.1) is 0 Å². The van der Waals surface area contributed by atoms with Crippen LogP contribution in [0.4, 0.5) is 8.78 Å². The number of hydrogen-bond acceptors (Lipinski definition) is 2. The molecule has 0 saturated carbocycles. The van der Waals surface area contributed by atoms with Crippen LogP contribution in [0.25, 0.3) is 5.69 Å². The fourth-order valence-electron chi connectivity index (χ4n) is 2.00. The molecule has 1 aromatic carbocycles. The molecular weight excluding hydrogens is 304 g/mol. The smallest absolute Gasteiger partial charge is 0.148 e. The third-order valence-electron chi connectivity index (χ3n) is 3.12. The Morgan fingerprint density at radius 1 is 1.28 bits per heavy atom.